The van der Waals surface area contributed by atoms with Gasteiger partial charge in [0.15, 0.2) is 5.65 Å². The largest absolute Gasteiger partial charge is 0.305 e. The van der Waals surface area contributed by atoms with E-state index in [1.165, 1.54) is 0 Å². The summed E-state index contributed by atoms with van der Waals surface area (Å²) in [6, 6.07) is 5.26. The highest BCUT2D eigenvalue weighted by molar-refractivity contribution is 6.03. The number of anilines is 1. The van der Waals surface area contributed by atoms with Crippen molar-refractivity contribution in [3.05, 3.63) is 47.2 Å². The van der Waals surface area contributed by atoms with E-state index in [2.05, 4.69) is 30.7 Å². The molecule has 0 atom stereocenters. The van der Waals surface area contributed by atoms with Crippen molar-refractivity contribution in [2.24, 2.45) is 7.05 Å². The van der Waals surface area contributed by atoms with Gasteiger partial charge in [-0.1, -0.05) is 0 Å². The number of amides is 1. The Morgan fingerprint density at radius 1 is 1.19 bits per heavy atom. The lowest BCUT2D eigenvalue weighted by atomic mass is 10.1. The van der Waals surface area contributed by atoms with Gasteiger partial charge in [-0.3, -0.25) is 14.6 Å². The lowest BCUT2D eigenvalue weighted by Gasteiger charge is -2.05. The molecule has 0 radical (unpaired) electrons. The number of H-pyrrole nitrogens is 1. The third-order valence-corrected chi connectivity index (χ3v) is 4.31. The highest BCUT2D eigenvalue weighted by Crippen LogP contribution is 2.25. The van der Waals surface area contributed by atoms with Crippen molar-refractivity contribution in [2.75, 3.05) is 5.32 Å². The number of fused-ring (bicyclic) bond motifs is 1. The predicted octanol–water partition coefficient (Wildman–Crippen LogP) is 2.03. The molecule has 0 aliphatic rings. The van der Waals surface area contributed by atoms with E-state index in [9.17, 15) is 4.79 Å². The molecule has 9 nitrogen and oxygen atoms in total. The molecule has 0 unspecified atom stereocenters. The topological polar surface area (TPSA) is 106 Å². The number of aromatic nitrogens is 7. The highest BCUT2D eigenvalue weighted by Gasteiger charge is 2.18. The van der Waals surface area contributed by atoms with E-state index >= 15 is 0 Å². The van der Waals surface area contributed by atoms with E-state index in [4.69, 9.17) is 0 Å². The molecule has 2 N–H and O–H groups in total. The molecule has 0 aromatic carbocycles. The second-order valence-electron chi connectivity index (χ2n) is 6.18. The molecule has 0 aliphatic heterocycles. The number of hydrogen-bond donors (Lipinski definition) is 2. The molecule has 0 saturated carbocycles. The maximum atomic E-state index is 12.6. The van der Waals surface area contributed by atoms with Crippen molar-refractivity contribution in [1.29, 1.82) is 0 Å². The van der Waals surface area contributed by atoms with Crippen LogP contribution in [0, 0.1) is 20.8 Å². The van der Waals surface area contributed by atoms with Crippen molar-refractivity contribution in [2.45, 2.75) is 20.8 Å². The van der Waals surface area contributed by atoms with Gasteiger partial charge in [-0.05, 0) is 32.9 Å². The summed E-state index contributed by atoms with van der Waals surface area (Å²) in [6.07, 6.45) is 1.63. The van der Waals surface area contributed by atoms with Gasteiger partial charge in [0.25, 0.3) is 5.91 Å². The molecule has 0 spiro atoms. The van der Waals surface area contributed by atoms with E-state index in [1.807, 2.05) is 33.9 Å². The molecule has 4 rings (SSSR count). The van der Waals surface area contributed by atoms with Gasteiger partial charge < -0.3 is 5.32 Å². The second kappa shape index (κ2) is 5.80. The summed E-state index contributed by atoms with van der Waals surface area (Å²) in [4.78, 5) is 16.8. The molecule has 0 aliphatic carbocycles. The van der Waals surface area contributed by atoms with Crippen LogP contribution in [0.3, 0.4) is 0 Å². The van der Waals surface area contributed by atoms with Gasteiger partial charge in [-0.2, -0.15) is 19.8 Å². The average molecular weight is 350 g/mol. The molecule has 1 amide bonds. The van der Waals surface area contributed by atoms with Crippen LogP contribution >= 0.6 is 0 Å². The van der Waals surface area contributed by atoms with Crippen LogP contribution in [0.25, 0.3) is 16.9 Å². The Bertz CT molecular complexity index is 1130. The first-order valence-corrected chi connectivity index (χ1v) is 8.13. The number of aryl methyl sites for hydroxylation is 3. The molecule has 9 heteroatoms. The predicted molar refractivity (Wildman–Crippen MR) is 95.9 cm³/mol. The molecule has 4 aromatic rings. The fourth-order valence-corrected chi connectivity index (χ4v) is 3.00. The summed E-state index contributed by atoms with van der Waals surface area (Å²) in [7, 11) is 1.88. The standard InChI is InChI=1S/C17H18N8O/c1-9-7-15-18-6-5-14(25(15)22-9)19-17(26)13-8-12(20-21-13)16-10(2)23-24(4)11(16)3/h5-8H,1-4H3,(H,19,26)(H,20,21). The van der Waals surface area contributed by atoms with Gasteiger partial charge in [0.1, 0.15) is 11.5 Å². The summed E-state index contributed by atoms with van der Waals surface area (Å²) >= 11 is 0. The van der Waals surface area contributed by atoms with Crippen molar-refractivity contribution >= 4 is 17.4 Å². The summed E-state index contributed by atoms with van der Waals surface area (Å²) < 4.78 is 3.40. The van der Waals surface area contributed by atoms with Gasteiger partial charge in [-0.15, -0.1) is 0 Å². The Kier molecular flexibility index (Phi) is 3.57. The Labute approximate surface area is 149 Å². The number of aromatic amines is 1. The van der Waals surface area contributed by atoms with E-state index in [1.54, 1.807) is 27.5 Å². The number of nitrogens with zero attached hydrogens (tertiary/aromatic N) is 6. The van der Waals surface area contributed by atoms with E-state index in [0.29, 0.717) is 22.9 Å². The molecule has 4 aromatic heterocycles. The molecule has 0 saturated heterocycles. The van der Waals surface area contributed by atoms with Gasteiger partial charge in [0, 0.05) is 30.6 Å². The molecule has 132 valence electrons. The van der Waals surface area contributed by atoms with Gasteiger partial charge >= 0.3 is 0 Å². The number of carbonyl (C=O) groups is 1. The number of rotatable bonds is 3. The first-order valence-electron chi connectivity index (χ1n) is 8.13. The minimum atomic E-state index is -0.302. The summed E-state index contributed by atoms with van der Waals surface area (Å²) in [5, 5.41) is 18.6. The molecular weight excluding hydrogens is 332 g/mol. The number of nitrogens with one attached hydrogen (secondary N) is 2. The second-order valence-corrected chi connectivity index (χ2v) is 6.18. The van der Waals surface area contributed by atoms with Gasteiger partial charge in [0.05, 0.1) is 17.1 Å². The smallest absolute Gasteiger partial charge is 0.274 e. The zero-order valence-electron chi connectivity index (χ0n) is 14.9. The van der Waals surface area contributed by atoms with Crippen LogP contribution in [0.2, 0.25) is 0 Å². The Morgan fingerprint density at radius 3 is 2.73 bits per heavy atom. The van der Waals surface area contributed by atoms with E-state index in [0.717, 1.165) is 22.6 Å². The van der Waals surface area contributed by atoms with E-state index in [-0.39, 0.29) is 5.91 Å². The minimum Gasteiger partial charge on any atom is -0.305 e. The van der Waals surface area contributed by atoms with Crippen molar-refractivity contribution in [3.63, 3.8) is 0 Å². The van der Waals surface area contributed by atoms with Crippen LogP contribution in [-0.2, 0) is 7.05 Å². The summed E-state index contributed by atoms with van der Waals surface area (Å²) in [6.45, 7) is 5.77. The van der Waals surface area contributed by atoms with Gasteiger partial charge in [-0.25, -0.2) is 4.98 Å². The van der Waals surface area contributed by atoms with Crippen LogP contribution < -0.4 is 5.32 Å². The number of hydrogen-bond acceptors (Lipinski definition) is 5. The van der Waals surface area contributed by atoms with Crippen LogP contribution in [0.5, 0.6) is 0 Å². The monoisotopic (exact) mass is 350 g/mol. The summed E-state index contributed by atoms with van der Waals surface area (Å²) in [5.41, 5.74) is 5.33. The zero-order valence-corrected chi connectivity index (χ0v) is 14.9. The van der Waals surface area contributed by atoms with Crippen molar-refractivity contribution in [1.82, 2.24) is 34.6 Å². The third kappa shape index (κ3) is 2.53. The van der Waals surface area contributed by atoms with Crippen LogP contribution in [-0.4, -0.2) is 40.5 Å². The molecule has 4 heterocycles. The molecule has 0 fully saturated rings. The quantitative estimate of drug-likeness (QED) is 0.588. The lowest BCUT2D eigenvalue weighted by molar-refractivity contribution is 0.102. The van der Waals surface area contributed by atoms with Crippen LogP contribution in [0.4, 0.5) is 5.82 Å². The number of carbonyl (C=O) groups excluding carboxylic acids is 1. The fourth-order valence-electron chi connectivity index (χ4n) is 3.00. The zero-order chi connectivity index (χ0) is 18.4. The van der Waals surface area contributed by atoms with Crippen LogP contribution in [0.1, 0.15) is 27.6 Å². The van der Waals surface area contributed by atoms with Crippen molar-refractivity contribution in [3.8, 4) is 11.3 Å². The molecular formula is C17H18N8O. The fraction of sp³-hybridized carbons (Fsp3) is 0.235. The first kappa shape index (κ1) is 16.0. The highest BCUT2D eigenvalue weighted by atomic mass is 16.2. The Hall–Kier alpha value is -3.49. The van der Waals surface area contributed by atoms with Crippen molar-refractivity contribution < 1.29 is 4.79 Å². The third-order valence-electron chi connectivity index (χ3n) is 4.31. The maximum absolute atomic E-state index is 12.6. The molecule has 26 heavy (non-hydrogen) atoms. The minimum absolute atomic E-state index is 0.302. The lowest BCUT2D eigenvalue weighted by Crippen LogP contribution is -2.15. The summed E-state index contributed by atoms with van der Waals surface area (Å²) in [5.74, 6) is 0.238. The Morgan fingerprint density at radius 2 is 2.00 bits per heavy atom. The maximum Gasteiger partial charge on any atom is 0.274 e. The van der Waals surface area contributed by atoms with E-state index < -0.39 is 0 Å². The Balaban J connectivity index is 1.64. The van der Waals surface area contributed by atoms with Crippen LogP contribution in [0.15, 0.2) is 24.4 Å². The first-order chi connectivity index (χ1) is 12.4. The normalized spacial score (nSPS) is 11.2. The van der Waals surface area contributed by atoms with Gasteiger partial charge in [0.2, 0.25) is 0 Å². The SMILES string of the molecule is Cc1cc2nccc(NC(=O)c3cc(-c4c(C)nn(C)c4C)n[nH]3)n2n1. The average Bonchev–Trinajstić information content (AvgIpc) is 3.26. The molecule has 0 bridgehead atoms.